The van der Waals surface area contributed by atoms with Crippen molar-refractivity contribution in [3.05, 3.63) is 87.5 Å². The molecule has 0 atom stereocenters. The van der Waals surface area contributed by atoms with Crippen molar-refractivity contribution in [1.82, 2.24) is 0 Å². The topological polar surface area (TPSA) is 72.2 Å². The summed E-state index contributed by atoms with van der Waals surface area (Å²) in [6.07, 6.45) is 14.5. The lowest BCUT2D eigenvalue weighted by molar-refractivity contribution is 0.0980. The highest BCUT2D eigenvalue weighted by Crippen LogP contribution is 2.38. The van der Waals surface area contributed by atoms with Gasteiger partial charge in [-0.2, -0.15) is 0 Å². The Morgan fingerprint density at radius 2 is 1.24 bits per heavy atom. The second kappa shape index (κ2) is 12.9. The number of rotatable bonds is 13. The van der Waals surface area contributed by atoms with Crippen LogP contribution in [0.25, 0.3) is 0 Å². The second-order valence-electron chi connectivity index (χ2n) is 10.8. The van der Waals surface area contributed by atoms with Gasteiger partial charge in [0, 0.05) is 22.5 Å². The number of ketones is 2. The third-order valence-electron chi connectivity index (χ3n) is 7.82. The summed E-state index contributed by atoms with van der Waals surface area (Å²) in [6, 6.07) is 15.3. The van der Waals surface area contributed by atoms with Crippen molar-refractivity contribution in [1.29, 1.82) is 0 Å². The van der Waals surface area contributed by atoms with E-state index in [1.807, 2.05) is 13.0 Å². The molecule has 3 N–H and O–H groups in total. The van der Waals surface area contributed by atoms with E-state index in [9.17, 15) is 9.59 Å². The fourth-order valence-electron chi connectivity index (χ4n) is 5.53. The number of carbonyl (C=O) groups is 2. The molecule has 1 aliphatic carbocycles. The van der Waals surface area contributed by atoms with Gasteiger partial charge in [-0.25, -0.2) is 0 Å². The Balaban J connectivity index is 1.40. The third kappa shape index (κ3) is 6.18. The van der Waals surface area contributed by atoms with E-state index in [-0.39, 0.29) is 11.6 Å². The zero-order valence-electron chi connectivity index (χ0n) is 23.3. The van der Waals surface area contributed by atoms with Gasteiger partial charge in [0.1, 0.15) is 0 Å². The monoisotopic (exact) mass is 510 g/mol. The Hall–Kier alpha value is -3.40. The van der Waals surface area contributed by atoms with Crippen molar-refractivity contribution in [2.24, 2.45) is 0 Å². The molecule has 3 aromatic carbocycles. The summed E-state index contributed by atoms with van der Waals surface area (Å²) in [6.45, 7) is 6.23. The summed E-state index contributed by atoms with van der Waals surface area (Å²) in [4.78, 5) is 26.8. The lowest BCUT2D eigenvalue weighted by Gasteiger charge is -2.24. The first-order valence-corrected chi connectivity index (χ1v) is 14.4. The second-order valence-corrected chi connectivity index (χ2v) is 10.8. The molecular formula is C34H42N2O2. The zero-order chi connectivity index (χ0) is 27.1. The van der Waals surface area contributed by atoms with Crippen LogP contribution in [0, 0.1) is 13.8 Å². The van der Waals surface area contributed by atoms with Crippen LogP contribution in [0.5, 0.6) is 0 Å². The highest BCUT2D eigenvalue weighted by atomic mass is 16.1. The molecule has 0 radical (unpaired) electrons. The highest BCUT2D eigenvalue weighted by Gasteiger charge is 2.34. The molecule has 0 fully saturated rings. The van der Waals surface area contributed by atoms with Gasteiger partial charge in [0.25, 0.3) is 0 Å². The molecule has 0 bridgehead atoms. The van der Waals surface area contributed by atoms with Crippen LogP contribution in [-0.2, 0) is 6.42 Å². The number of carbonyl (C=O) groups excluding carboxylic acids is 2. The van der Waals surface area contributed by atoms with Crippen LogP contribution in [0.2, 0.25) is 0 Å². The number of hydrogen-bond acceptors (Lipinski definition) is 4. The van der Waals surface area contributed by atoms with Gasteiger partial charge in [0.15, 0.2) is 11.6 Å². The Morgan fingerprint density at radius 3 is 1.84 bits per heavy atom. The molecule has 4 nitrogen and oxygen atoms in total. The van der Waals surface area contributed by atoms with E-state index < -0.39 is 0 Å². The molecule has 0 saturated heterocycles. The third-order valence-corrected chi connectivity index (χ3v) is 7.82. The predicted octanol–water partition coefficient (Wildman–Crippen LogP) is 8.87. The number of nitrogens with two attached hydrogens (primary N) is 1. The van der Waals surface area contributed by atoms with Crippen molar-refractivity contribution >= 4 is 28.6 Å². The number of fused-ring (bicyclic) bond motifs is 2. The summed E-state index contributed by atoms with van der Waals surface area (Å²) >= 11 is 0. The molecule has 0 saturated carbocycles. The van der Waals surface area contributed by atoms with Gasteiger partial charge in [-0.1, -0.05) is 101 Å². The first-order valence-electron chi connectivity index (χ1n) is 14.4. The molecule has 4 rings (SSSR count). The van der Waals surface area contributed by atoms with Crippen LogP contribution in [0.4, 0.5) is 17.1 Å². The summed E-state index contributed by atoms with van der Waals surface area (Å²) in [7, 11) is 0. The Morgan fingerprint density at radius 1 is 0.658 bits per heavy atom. The van der Waals surface area contributed by atoms with Crippen molar-refractivity contribution in [3.8, 4) is 0 Å². The number of aryl methyl sites for hydroxylation is 3. The van der Waals surface area contributed by atoms with Gasteiger partial charge >= 0.3 is 0 Å². The fourth-order valence-corrected chi connectivity index (χ4v) is 5.53. The number of nitrogens with one attached hydrogen (secondary N) is 1. The fraction of sp³-hybridized carbons (Fsp3) is 0.412. The predicted molar refractivity (Wildman–Crippen MR) is 159 cm³/mol. The minimum atomic E-state index is -0.192. The van der Waals surface area contributed by atoms with Crippen LogP contribution in [-0.4, -0.2) is 11.6 Å². The highest BCUT2D eigenvalue weighted by molar-refractivity contribution is 6.32. The molecule has 0 heterocycles. The Labute approximate surface area is 228 Å². The van der Waals surface area contributed by atoms with Crippen LogP contribution in [0.15, 0.2) is 48.5 Å². The van der Waals surface area contributed by atoms with E-state index in [1.165, 1.54) is 69.8 Å². The summed E-state index contributed by atoms with van der Waals surface area (Å²) in [5.74, 6) is -0.359. The summed E-state index contributed by atoms with van der Waals surface area (Å²) in [5.41, 5.74) is 13.0. The standard InChI is InChI=1S/C34H42N2O2/c1-4-5-6-7-8-9-10-11-12-13-16-25-19-20-28(23(2)21-25)36-29-22-24(3)32(35)31-30(29)33(37)26-17-14-15-18-27(26)34(31)38/h14-15,17-22,36H,4-13,16,35H2,1-3H3. The van der Waals surface area contributed by atoms with Crippen molar-refractivity contribution < 1.29 is 9.59 Å². The molecule has 0 spiro atoms. The molecule has 0 aliphatic heterocycles. The largest absolute Gasteiger partial charge is 0.398 e. The lowest BCUT2D eigenvalue weighted by Crippen LogP contribution is -2.24. The van der Waals surface area contributed by atoms with E-state index in [2.05, 4.69) is 37.4 Å². The number of nitrogen functional groups attached to an aromatic ring is 1. The van der Waals surface area contributed by atoms with Gasteiger partial charge in [-0.15, -0.1) is 0 Å². The van der Waals surface area contributed by atoms with Gasteiger partial charge < -0.3 is 11.1 Å². The number of hydrogen-bond donors (Lipinski definition) is 2. The number of anilines is 3. The Bertz CT molecular complexity index is 1310. The summed E-state index contributed by atoms with van der Waals surface area (Å²) in [5, 5.41) is 3.46. The van der Waals surface area contributed by atoms with Crippen LogP contribution < -0.4 is 11.1 Å². The van der Waals surface area contributed by atoms with Gasteiger partial charge in [-0.3, -0.25) is 9.59 Å². The normalized spacial score (nSPS) is 12.4. The van der Waals surface area contributed by atoms with E-state index in [0.29, 0.717) is 33.6 Å². The quantitative estimate of drug-likeness (QED) is 0.139. The van der Waals surface area contributed by atoms with E-state index in [1.54, 1.807) is 24.3 Å². The maximum atomic E-state index is 13.5. The average molecular weight is 511 g/mol. The molecule has 0 unspecified atom stereocenters. The smallest absolute Gasteiger partial charge is 0.196 e. The molecule has 38 heavy (non-hydrogen) atoms. The summed E-state index contributed by atoms with van der Waals surface area (Å²) < 4.78 is 0. The van der Waals surface area contributed by atoms with Gasteiger partial charge in [0.05, 0.1) is 16.8 Å². The van der Waals surface area contributed by atoms with Crippen LogP contribution >= 0.6 is 0 Å². The lowest BCUT2D eigenvalue weighted by atomic mass is 9.81. The number of unbranched alkanes of at least 4 members (excludes halogenated alkanes) is 9. The van der Waals surface area contributed by atoms with Gasteiger partial charge in [0.2, 0.25) is 0 Å². The molecule has 0 aromatic heterocycles. The van der Waals surface area contributed by atoms with Crippen molar-refractivity contribution in [2.45, 2.75) is 91.4 Å². The average Bonchev–Trinajstić information content (AvgIpc) is 2.91. The molecule has 4 heteroatoms. The maximum Gasteiger partial charge on any atom is 0.196 e. The van der Waals surface area contributed by atoms with Crippen LogP contribution in [0.3, 0.4) is 0 Å². The Kier molecular flexibility index (Phi) is 9.38. The van der Waals surface area contributed by atoms with E-state index in [0.717, 1.165) is 23.2 Å². The first-order chi connectivity index (χ1) is 18.4. The first kappa shape index (κ1) is 27.6. The number of benzene rings is 3. The van der Waals surface area contributed by atoms with Crippen LogP contribution in [0.1, 0.15) is 120 Å². The molecule has 3 aromatic rings. The molecule has 0 amide bonds. The zero-order valence-corrected chi connectivity index (χ0v) is 23.3. The maximum absolute atomic E-state index is 13.5. The SMILES string of the molecule is CCCCCCCCCCCCc1ccc(Nc2cc(C)c(N)c3c2C(=O)c2ccccc2C3=O)c(C)c1. The minimum absolute atomic E-state index is 0.167. The van der Waals surface area contributed by atoms with Gasteiger partial charge in [-0.05, 0) is 55.5 Å². The van der Waals surface area contributed by atoms with Crippen molar-refractivity contribution in [3.63, 3.8) is 0 Å². The van der Waals surface area contributed by atoms with Crippen molar-refractivity contribution in [2.75, 3.05) is 11.1 Å². The van der Waals surface area contributed by atoms with E-state index >= 15 is 0 Å². The molecule has 200 valence electrons. The van der Waals surface area contributed by atoms with E-state index in [4.69, 9.17) is 5.73 Å². The minimum Gasteiger partial charge on any atom is -0.398 e. The molecular weight excluding hydrogens is 468 g/mol. The molecule has 1 aliphatic rings.